The number of aromatic nitrogens is 3. The van der Waals surface area contributed by atoms with Crippen molar-refractivity contribution in [2.24, 2.45) is 11.8 Å². The molecule has 0 spiro atoms. The van der Waals surface area contributed by atoms with Crippen LogP contribution < -0.4 is 0 Å². The molecule has 2 aliphatic carbocycles. The molecule has 1 aliphatic heterocycles. The Balaban J connectivity index is 1.41. The van der Waals surface area contributed by atoms with Crippen LogP contribution in [-0.2, 0) is 4.79 Å². The van der Waals surface area contributed by atoms with Gasteiger partial charge in [-0.2, -0.15) is 5.10 Å². The van der Waals surface area contributed by atoms with Crippen LogP contribution in [0.25, 0.3) is 0 Å². The number of likely N-dealkylation sites (tertiary alicyclic amines) is 1. The van der Waals surface area contributed by atoms with Gasteiger partial charge in [-0.15, -0.1) is 0 Å². The third kappa shape index (κ3) is 3.81. The van der Waals surface area contributed by atoms with Gasteiger partial charge in [0.1, 0.15) is 5.82 Å². The fraction of sp³-hybridized carbons (Fsp3) is 0.857. The van der Waals surface area contributed by atoms with E-state index in [1.807, 2.05) is 0 Å². The highest BCUT2D eigenvalue weighted by molar-refractivity contribution is 5.80. The van der Waals surface area contributed by atoms with Gasteiger partial charge in [-0.05, 0) is 38.0 Å². The fourth-order valence-electron chi connectivity index (χ4n) is 5.16. The molecule has 3 atom stereocenters. The first-order valence-electron chi connectivity index (χ1n) is 10.9. The van der Waals surface area contributed by atoms with Crippen LogP contribution in [0, 0.1) is 11.8 Å². The molecule has 0 aromatic carbocycles. The molecule has 26 heavy (non-hydrogen) atoms. The lowest BCUT2D eigenvalue weighted by molar-refractivity contribution is -0.144. The first kappa shape index (κ1) is 18.0. The normalized spacial score (nSPS) is 31.1. The van der Waals surface area contributed by atoms with Gasteiger partial charge in [-0.25, -0.2) is 4.98 Å². The summed E-state index contributed by atoms with van der Waals surface area (Å²) in [5, 5.41) is 7.75. The Kier molecular flexibility index (Phi) is 5.60. The molecular weight excluding hydrogens is 324 g/mol. The Morgan fingerprint density at radius 3 is 2.46 bits per heavy atom. The lowest BCUT2D eigenvalue weighted by Gasteiger charge is -2.41. The van der Waals surface area contributed by atoms with Crippen molar-refractivity contribution in [2.75, 3.05) is 6.54 Å². The zero-order valence-corrected chi connectivity index (χ0v) is 16.3. The van der Waals surface area contributed by atoms with Crippen LogP contribution in [0.15, 0.2) is 0 Å². The van der Waals surface area contributed by atoms with Crippen molar-refractivity contribution in [3.8, 4) is 0 Å². The largest absolute Gasteiger partial charge is 0.332 e. The summed E-state index contributed by atoms with van der Waals surface area (Å²) in [4.78, 5) is 19.9. The first-order valence-corrected chi connectivity index (χ1v) is 10.9. The lowest BCUT2D eigenvalue weighted by atomic mass is 9.93. The number of nitrogens with zero attached hydrogens (tertiary/aromatic N) is 3. The van der Waals surface area contributed by atoms with E-state index < -0.39 is 0 Å². The molecule has 144 valence electrons. The summed E-state index contributed by atoms with van der Waals surface area (Å²) in [6.45, 7) is 3.24. The zero-order chi connectivity index (χ0) is 17.9. The third-order valence-electron chi connectivity index (χ3n) is 6.89. The van der Waals surface area contributed by atoms with E-state index in [-0.39, 0.29) is 12.0 Å². The van der Waals surface area contributed by atoms with Crippen molar-refractivity contribution in [1.82, 2.24) is 20.1 Å². The molecule has 1 saturated heterocycles. The summed E-state index contributed by atoms with van der Waals surface area (Å²) in [5.74, 6) is 3.77. The summed E-state index contributed by atoms with van der Waals surface area (Å²) in [7, 11) is 0. The van der Waals surface area contributed by atoms with E-state index in [1.165, 1.54) is 57.8 Å². The zero-order valence-electron chi connectivity index (χ0n) is 16.3. The van der Waals surface area contributed by atoms with Crippen LogP contribution in [-0.4, -0.2) is 32.5 Å². The van der Waals surface area contributed by atoms with Gasteiger partial charge < -0.3 is 4.90 Å². The van der Waals surface area contributed by atoms with Crippen molar-refractivity contribution in [2.45, 2.75) is 95.9 Å². The Hall–Kier alpha value is -1.39. The van der Waals surface area contributed by atoms with Crippen LogP contribution in [0.5, 0.6) is 0 Å². The molecule has 1 N–H and O–H groups in total. The quantitative estimate of drug-likeness (QED) is 0.794. The third-order valence-corrected chi connectivity index (χ3v) is 6.89. The number of amides is 1. The van der Waals surface area contributed by atoms with E-state index >= 15 is 0 Å². The van der Waals surface area contributed by atoms with E-state index in [0.717, 1.165) is 43.4 Å². The van der Waals surface area contributed by atoms with Crippen LogP contribution >= 0.6 is 0 Å². The minimum Gasteiger partial charge on any atom is -0.332 e. The minimum atomic E-state index is 0.134. The maximum Gasteiger partial charge on any atom is 0.226 e. The molecule has 0 radical (unpaired) electrons. The summed E-state index contributed by atoms with van der Waals surface area (Å²) in [6.07, 6.45) is 14.5. The molecule has 3 unspecified atom stereocenters. The van der Waals surface area contributed by atoms with Gasteiger partial charge in [0, 0.05) is 18.4 Å². The van der Waals surface area contributed by atoms with Gasteiger partial charge in [-0.1, -0.05) is 51.9 Å². The van der Waals surface area contributed by atoms with E-state index in [1.54, 1.807) is 0 Å². The number of H-pyrrole nitrogens is 1. The smallest absolute Gasteiger partial charge is 0.226 e. The molecule has 1 aromatic rings. The van der Waals surface area contributed by atoms with Crippen molar-refractivity contribution >= 4 is 5.91 Å². The Labute approximate surface area is 157 Å². The van der Waals surface area contributed by atoms with Gasteiger partial charge in [0.15, 0.2) is 5.82 Å². The molecular formula is C21H34N4O. The fourth-order valence-corrected chi connectivity index (χ4v) is 5.16. The molecule has 5 nitrogen and oxygen atoms in total. The standard InChI is InChI=1S/C21H34N4O/c1-15-8-6-7-11-17(14-15)19-22-20(24-23-19)18-12-13-25(18)21(26)16-9-4-2-3-5-10-16/h15-18H,2-14H2,1H3,(H,22,23,24). The van der Waals surface area contributed by atoms with Gasteiger partial charge >= 0.3 is 0 Å². The van der Waals surface area contributed by atoms with Gasteiger partial charge in [0.2, 0.25) is 5.91 Å². The van der Waals surface area contributed by atoms with Gasteiger partial charge in [-0.3, -0.25) is 9.89 Å². The maximum absolute atomic E-state index is 13.0. The molecule has 0 bridgehead atoms. The van der Waals surface area contributed by atoms with Crippen molar-refractivity contribution in [1.29, 1.82) is 0 Å². The summed E-state index contributed by atoms with van der Waals surface area (Å²) < 4.78 is 0. The number of rotatable bonds is 3. The monoisotopic (exact) mass is 358 g/mol. The van der Waals surface area contributed by atoms with E-state index in [0.29, 0.717) is 11.8 Å². The molecule has 1 aromatic heterocycles. The van der Waals surface area contributed by atoms with E-state index in [9.17, 15) is 4.79 Å². The van der Waals surface area contributed by atoms with Crippen LogP contribution in [0.2, 0.25) is 0 Å². The van der Waals surface area contributed by atoms with E-state index in [4.69, 9.17) is 4.98 Å². The summed E-state index contributed by atoms with van der Waals surface area (Å²) in [5.41, 5.74) is 0. The molecule has 3 fully saturated rings. The van der Waals surface area contributed by atoms with Gasteiger partial charge in [0.25, 0.3) is 0 Å². The number of nitrogens with one attached hydrogen (secondary N) is 1. The summed E-state index contributed by atoms with van der Waals surface area (Å²) in [6, 6.07) is 0.134. The number of aromatic amines is 1. The highest BCUT2D eigenvalue weighted by atomic mass is 16.2. The molecule has 3 aliphatic rings. The molecule has 2 heterocycles. The van der Waals surface area contributed by atoms with Gasteiger partial charge in [0.05, 0.1) is 6.04 Å². The second-order valence-corrected chi connectivity index (χ2v) is 8.93. The number of hydrogen-bond acceptors (Lipinski definition) is 3. The second kappa shape index (κ2) is 8.10. The number of carbonyl (C=O) groups is 1. The van der Waals surface area contributed by atoms with Crippen LogP contribution in [0.4, 0.5) is 0 Å². The second-order valence-electron chi connectivity index (χ2n) is 8.93. The Bertz CT molecular complexity index is 605. The predicted octanol–water partition coefficient (Wildman–Crippen LogP) is 4.73. The van der Waals surface area contributed by atoms with Crippen molar-refractivity contribution < 1.29 is 4.79 Å². The highest BCUT2D eigenvalue weighted by Gasteiger charge is 2.39. The Morgan fingerprint density at radius 2 is 1.73 bits per heavy atom. The van der Waals surface area contributed by atoms with Crippen LogP contribution in [0.3, 0.4) is 0 Å². The molecule has 2 saturated carbocycles. The first-order chi connectivity index (χ1) is 12.7. The molecule has 4 rings (SSSR count). The number of carbonyl (C=O) groups excluding carboxylic acids is 1. The topological polar surface area (TPSA) is 61.9 Å². The molecule has 5 heteroatoms. The average Bonchev–Trinajstić information content (AvgIpc) is 2.81. The predicted molar refractivity (Wildman–Crippen MR) is 102 cm³/mol. The van der Waals surface area contributed by atoms with Crippen LogP contribution in [0.1, 0.15) is 108 Å². The Morgan fingerprint density at radius 1 is 1.00 bits per heavy atom. The maximum atomic E-state index is 13.0. The number of hydrogen-bond donors (Lipinski definition) is 1. The summed E-state index contributed by atoms with van der Waals surface area (Å²) >= 11 is 0. The van der Waals surface area contributed by atoms with Crippen molar-refractivity contribution in [3.63, 3.8) is 0 Å². The highest BCUT2D eigenvalue weighted by Crippen LogP contribution is 2.37. The average molecular weight is 359 g/mol. The van der Waals surface area contributed by atoms with Crippen molar-refractivity contribution in [3.05, 3.63) is 11.6 Å². The molecule has 1 amide bonds. The van der Waals surface area contributed by atoms with E-state index in [2.05, 4.69) is 22.0 Å². The minimum absolute atomic E-state index is 0.134. The lowest BCUT2D eigenvalue weighted by Crippen LogP contribution is -2.48. The SMILES string of the molecule is CC1CCCCC(c2n[nH]c(C3CCN3C(=O)C3CCCCCC3)n2)C1.